The summed E-state index contributed by atoms with van der Waals surface area (Å²) in [6.45, 7) is 14.3. The van der Waals surface area contributed by atoms with E-state index in [2.05, 4.69) is 84.6 Å². The van der Waals surface area contributed by atoms with Crippen LogP contribution in [-0.2, 0) is 9.47 Å². The van der Waals surface area contributed by atoms with Crippen molar-refractivity contribution in [2.75, 3.05) is 26.2 Å². The molecule has 2 unspecified atom stereocenters. The summed E-state index contributed by atoms with van der Waals surface area (Å²) in [6.07, 6.45) is 14.9. The number of nitrogens with zero attached hydrogens (tertiary/aromatic N) is 8. The van der Waals surface area contributed by atoms with E-state index >= 15 is 0 Å². The lowest BCUT2D eigenvalue weighted by Crippen LogP contribution is -2.42. The normalized spacial score (nSPS) is 17.6. The Kier molecular flexibility index (Phi) is 11.7. The molecule has 298 valence electrons. The van der Waals surface area contributed by atoms with E-state index in [-0.39, 0.29) is 12.2 Å². The molecule has 6 heterocycles. The van der Waals surface area contributed by atoms with Crippen molar-refractivity contribution in [2.24, 2.45) is 0 Å². The molecule has 57 heavy (non-hydrogen) atoms. The molecule has 0 spiro atoms. The molecule has 0 N–H and O–H groups in total. The van der Waals surface area contributed by atoms with E-state index in [0.717, 1.165) is 76.8 Å². The fourth-order valence-corrected chi connectivity index (χ4v) is 7.71. The second-order valence-corrected chi connectivity index (χ2v) is 17.7. The Morgan fingerprint density at radius 3 is 1.63 bits per heavy atom. The standard InChI is InChI=1S/C22H25BrN4O2.C22H26N4O2/c1-22(2,3)29-21(28)26-10-4-5-17(13-26)15-6-8-16(9-7-15)18-11-24-20-19(23)12-25-27(20)14-18;1-22(2,3)28-21(27)25-12-4-5-18(14-25)16-6-8-17(9-7-16)19-13-23-20-10-11-24-26(20)15-19/h6-9,11-12,14,17H,4-5,10,13H2,1-3H3;6-11,13,15,18H,4-5,12,14H2,1-3H3. The lowest BCUT2D eigenvalue weighted by atomic mass is 9.90. The zero-order valence-corrected chi connectivity index (χ0v) is 35.1. The first kappa shape index (κ1) is 39.9. The Labute approximate surface area is 342 Å². The summed E-state index contributed by atoms with van der Waals surface area (Å²) >= 11 is 3.45. The number of rotatable bonds is 4. The molecule has 0 aliphatic carbocycles. The van der Waals surface area contributed by atoms with Gasteiger partial charge in [-0.25, -0.2) is 28.6 Å². The monoisotopic (exact) mass is 834 g/mol. The van der Waals surface area contributed by atoms with Crippen molar-refractivity contribution in [3.8, 4) is 22.3 Å². The van der Waals surface area contributed by atoms with Crippen LogP contribution in [0.15, 0.2) is 96.3 Å². The van der Waals surface area contributed by atoms with Crippen molar-refractivity contribution >= 4 is 39.4 Å². The molecule has 12 nitrogen and oxygen atoms in total. The Balaban J connectivity index is 0.000000174. The molecule has 2 aromatic carbocycles. The van der Waals surface area contributed by atoms with Gasteiger partial charge in [-0.1, -0.05) is 48.5 Å². The fourth-order valence-electron chi connectivity index (χ4n) is 7.33. The van der Waals surface area contributed by atoms with E-state index in [1.807, 2.05) is 82.2 Å². The Hall–Kier alpha value is -5.30. The summed E-state index contributed by atoms with van der Waals surface area (Å²) < 4.78 is 15.5. The molecular formula is C44H51BrN8O4. The summed E-state index contributed by atoms with van der Waals surface area (Å²) in [7, 11) is 0. The maximum atomic E-state index is 12.4. The number of fused-ring (bicyclic) bond motifs is 2. The first-order valence-corrected chi connectivity index (χ1v) is 20.4. The third-order valence-electron chi connectivity index (χ3n) is 10.1. The summed E-state index contributed by atoms with van der Waals surface area (Å²) in [5, 5.41) is 8.55. The summed E-state index contributed by atoms with van der Waals surface area (Å²) in [6, 6.07) is 19.0. The Bertz CT molecular complexity index is 2330. The van der Waals surface area contributed by atoms with Crippen molar-refractivity contribution in [3.63, 3.8) is 0 Å². The van der Waals surface area contributed by atoms with Gasteiger partial charge in [0.1, 0.15) is 11.2 Å². The van der Waals surface area contributed by atoms with Crippen LogP contribution in [0.1, 0.15) is 90.2 Å². The lowest BCUT2D eigenvalue weighted by Gasteiger charge is -2.34. The second-order valence-electron chi connectivity index (χ2n) is 16.9. The molecule has 0 bridgehead atoms. The minimum atomic E-state index is -0.467. The number of aromatic nitrogens is 6. The van der Waals surface area contributed by atoms with Gasteiger partial charge in [-0.15, -0.1) is 0 Å². The van der Waals surface area contributed by atoms with Crippen LogP contribution in [0.3, 0.4) is 0 Å². The molecular weight excluding hydrogens is 784 g/mol. The average Bonchev–Trinajstić information content (AvgIpc) is 3.83. The van der Waals surface area contributed by atoms with Crippen LogP contribution in [0.2, 0.25) is 0 Å². The summed E-state index contributed by atoms with van der Waals surface area (Å²) in [4.78, 5) is 37.4. The molecule has 2 saturated heterocycles. The van der Waals surface area contributed by atoms with Crippen LogP contribution in [-0.4, -0.2) is 88.6 Å². The van der Waals surface area contributed by atoms with Gasteiger partial charge >= 0.3 is 12.2 Å². The highest BCUT2D eigenvalue weighted by Crippen LogP contribution is 2.32. The van der Waals surface area contributed by atoms with Gasteiger partial charge in [0.25, 0.3) is 0 Å². The predicted molar refractivity (Wildman–Crippen MR) is 224 cm³/mol. The predicted octanol–water partition coefficient (Wildman–Crippen LogP) is 9.78. The molecule has 2 atom stereocenters. The number of hydrogen-bond donors (Lipinski definition) is 0. The quantitative estimate of drug-likeness (QED) is 0.172. The van der Waals surface area contributed by atoms with Crippen LogP contribution in [0.5, 0.6) is 0 Å². The van der Waals surface area contributed by atoms with Gasteiger partial charge in [-0.05, 0) is 105 Å². The SMILES string of the molecule is CC(C)(C)OC(=O)N1CCCC(c2ccc(-c3cnc4c(Br)cnn4c3)cc2)C1.CC(C)(C)OC(=O)N1CCCC(c2ccc(-c3cnc4ccnn4c3)cc2)C1. The number of piperidine rings is 2. The molecule has 8 rings (SSSR count). The van der Waals surface area contributed by atoms with Gasteiger partial charge in [0.2, 0.25) is 0 Å². The van der Waals surface area contributed by atoms with Crippen LogP contribution in [0.25, 0.3) is 33.5 Å². The van der Waals surface area contributed by atoms with E-state index in [1.54, 1.807) is 21.4 Å². The van der Waals surface area contributed by atoms with E-state index in [9.17, 15) is 9.59 Å². The molecule has 13 heteroatoms. The van der Waals surface area contributed by atoms with Gasteiger partial charge in [-0.2, -0.15) is 10.2 Å². The van der Waals surface area contributed by atoms with Crippen molar-refractivity contribution in [1.82, 2.24) is 39.0 Å². The third kappa shape index (κ3) is 9.99. The molecule has 2 fully saturated rings. The van der Waals surface area contributed by atoms with Crippen LogP contribution < -0.4 is 0 Å². The van der Waals surface area contributed by atoms with Crippen LogP contribution in [0.4, 0.5) is 9.59 Å². The molecule has 6 aromatic rings. The zero-order valence-electron chi connectivity index (χ0n) is 33.6. The molecule has 0 saturated carbocycles. The number of carbonyl (C=O) groups excluding carboxylic acids is 2. The second kappa shape index (κ2) is 16.7. The average molecular weight is 836 g/mol. The van der Waals surface area contributed by atoms with Crippen molar-refractivity contribution in [2.45, 2.75) is 90.3 Å². The first-order chi connectivity index (χ1) is 27.2. The van der Waals surface area contributed by atoms with Crippen molar-refractivity contribution < 1.29 is 19.1 Å². The van der Waals surface area contributed by atoms with Gasteiger partial charge in [0, 0.05) is 80.0 Å². The molecule has 2 aliphatic heterocycles. The summed E-state index contributed by atoms with van der Waals surface area (Å²) in [5.41, 5.74) is 7.45. The van der Waals surface area contributed by atoms with E-state index in [4.69, 9.17) is 9.47 Å². The topological polar surface area (TPSA) is 119 Å². The lowest BCUT2D eigenvalue weighted by molar-refractivity contribution is 0.0188. The molecule has 2 aliphatic rings. The number of likely N-dealkylation sites (tertiary alicyclic amines) is 2. The fraction of sp³-hybridized carbons (Fsp3) is 0.409. The van der Waals surface area contributed by atoms with E-state index in [0.29, 0.717) is 24.9 Å². The number of halogens is 1. The first-order valence-electron chi connectivity index (χ1n) is 19.6. The smallest absolute Gasteiger partial charge is 0.410 e. The number of benzene rings is 2. The highest BCUT2D eigenvalue weighted by molar-refractivity contribution is 9.10. The van der Waals surface area contributed by atoms with Gasteiger partial charge in [-0.3, -0.25) is 0 Å². The van der Waals surface area contributed by atoms with Gasteiger partial charge < -0.3 is 19.3 Å². The Morgan fingerprint density at radius 2 is 1.12 bits per heavy atom. The zero-order chi connectivity index (χ0) is 40.3. The summed E-state index contributed by atoms with van der Waals surface area (Å²) in [5.74, 6) is 0.662. The molecule has 4 aromatic heterocycles. The highest BCUT2D eigenvalue weighted by atomic mass is 79.9. The number of amides is 2. The molecule has 0 radical (unpaired) electrons. The third-order valence-corrected chi connectivity index (χ3v) is 10.7. The van der Waals surface area contributed by atoms with Crippen molar-refractivity contribution in [3.05, 3.63) is 107 Å². The molecule has 2 amide bonds. The Morgan fingerprint density at radius 1 is 0.632 bits per heavy atom. The van der Waals surface area contributed by atoms with E-state index < -0.39 is 11.2 Å². The van der Waals surface area contributed by atoms with E-state index in [1.165, 1.54) is 11.1 Å². The number of ether oxygens (including phenoxy) is 2. The van der Waals surface area contributed by atoms with Gasteiger partial charge in [0.15, 0.2) is 11.3 Å². The minimum absolute atomic E-state index is 0.215. The van der Waals surface area contributed by atoms with Crippen LogP contribution >= 0.6 is 15.9 Å². The maximum Gasteiger partial charge on any atom is 0.410 e. The minimum Gasteiger partial charge on any atom is -0.444 e. The highest BCUT2D eigenvalue weighted by Gasteiger charge is 2.30. The number of hydrogen-bond acceptors (Lipinski definition) is 8. The van der Waals surface area contributed by atoms with Crippen molar-refractivity contribution in [1.29, 1.82) is 0 Å². The van der Waals surface area contributed by atoms with Crippen LogP contribution in [0, 0.1) is 0 Å². The maximum absolute atomic E-state index is 12.4. The number of carbonyl (C=O) groups is 2. The largest absolute Gasteiger partial charge is 0.444 e. The van der Waals surface area contributed by atoms with Gasteiger partial charge in [0.05, 0.1) is 16.9 Å².